The van der Waals surface area contributed by atoms with Crippen LogP contribution in [0.5, 0.6) is 0 Å². The summed E-state index contributed by atoms with van der Waals surface area (Å²) in [6.07, 6.45) is 2.23. The van der Waals surface area contributed by atoms with E-state index in [-0.39, 0.29) is 29.2 Å². The molecule has 166 valence electrons. The van der Waals surface area contributed by atoms with Gasteiger partial charge in [-0.25, -0.2) is 0 Å². The second-order valence-electron chi connectivity index (χ2n) is 9.03. The maximum absolute atomic E-state index is 13.2. The van der Waals surface area contributed by atoms with E-state index in [1.807, 2.05) is 0 Å². The van der Waals surface area contributed by atoms with Crippen LogP contribution in [-0.2, 0) is 0 Å². The molecule has 1 saturated heterocycles. The van der Waals surface area contributed by atoms with Crippen LogP contribution >= 0.6 is 0 Å². The molecule has 0 bridgehead atoms. The Morgan fingerprint density at radius 1 is 0.844 bits per heavy atom. The van der Waals surface area contributed by atoms with E-state index in [1.165, 1.54) is 11.0 Å². The first-order valence-corrected chi connectivity index (χ1v) is 10.7. The summed E-state index contributed by atoms with van der Waals surface area (Å²) in [7, 11) is 0. The number of hydrogen-bond donors (Lipinski definition) is 0. The Morgan fingerprint density at radius 3 is 2.12 bits per heavy atom. The zero-order valence-corrected chi connectivity index (χ0v) is 18.5. The van der Waals surface area contributed by atoms with E-state index < -0.39 is 5.54 Å². The number of imide groups is 1. The van der Waals surface area contributed by atoms with Crippen molar-refractivity contribution < 1.29 is 19.2 Å². The maximum Gasteiger partial charge on any atom is 0.272 e. The predicted molar refractivity (Wildman–Crippen MR) is 117 cm³/mol. The smallest absolute Gasteiger partial charge is 0.272 e. The molecule has 0 radical (unpaired) electrons. The normalized spacial score (nSPS) is 16.8. The van der Waals surface area contributed by atoms with E-state index >= 15 is 0 Å². The van der Waals surface area contributed by atoms with Gasteiger partial charge in [0.1, 0.15) is 5.69 Å². The number of nitrogens with zero attached hydrogens (tertiary/aromatic N) is 4. The van der Waals surface area contributed by atoms with Gasteiger partial charge in [-0.1, -0.05) is 6.07 Å². The molecule has 1 aromatic heterocycles. The highest BCUT2D eigenvalue weighted by Gasteiger charge is 2.42. The molecule has 4 amide bonds. The SMILES string of the molecule is CC(C)(C)N1C(=O)c2ccc(C(=O)N3CCCN(C(=O)c4ccccn4)CC3)cc2C1=O. The zero-order valence-electron chi connectivity index (χ0n) is 18.5. The molecule has 1 fully saturated rings. The highest BCUT2D eigenvalue weighted by atomic mass is 16.2. The van der Waals surface area contributed by atoms with Crippen molar-refractivity contribution in [3.05, 3.63) is 65.0 Å². The molecule has 1 aromatic carbocycles. The Balaban J connectivity index is 1.49. The Morgan fingerprint density at radius 2 is 1.50 bits per heavy atom. The second-order valence-corrected chi connectivity index (χ2v) is 9.03. The van der Waals surface area contributed by atoms with Gasteiger partial charge in [0.2, 0.25) is 0 Å². The number of pyridine rings is 1. The molecule has 0 spiro atoms. The first-order valence-electron chi connectivity index (χ1n) is 10.7. The maximum atomic E-state index is 13.2. The van der Waals surface area contributed by atoms with Crippen molar-refractivity contribution in [2.24, 2.45) is 0 Å². The van der Waals surface area contributed by atoms with Crippen molar-refractivity contribution in [3.8, 4) is 0 Å². The van der Waals surface area contributed by atoms with Gasteiger partial charge in [-0.2, -0.15) is 0 Å². The second kappa shape index (κ2) is 8.18. The van der Waals surface area contributed by atoms with Crippen molar-refractivity contribution in [2.45, 2.75) is 32.7 Å². The molecule has 0 unspecified atom stereocenters. The van der Waals surface area contributed by atoms with Gasteiger partial charge in [0, 0.05) is 43.5 Å². The van der Waals surface area contributed by atoms with E-state index in [0.717, 1.165) is 0 Å². The van der Waals surface area contributed by atoms with Crippen LogP contribution in [0, 0.1) is 0 Å². The van der Waals surface area contributed by atoms with E-state index in [4.69, 9.17) is 0 Å². The van der Waals surface area contributed by atoms with Crippen molar-refractivity contribution in [3.63, 3.8) is 0 Å². The Kier molecular flexibility index (Phi) is 5.54. The Bertz CT molecular complexity index is 1090. The fraction of sp³-hybridized carbons (Fsp3) is 0.375. The van der Waals surface area contributed by atoms with Crippen LogP contribution in [0.1, 0.15) is 68.8 Å². The lowest BCUT2D eigenvalue weighted by Crippen LogP contribution is -2.45. The minimum atomic E-state index is -0.647. The summed E-state index contributed by atoms with van der Waals surface area (Å²) in [6, 6.07) is 9.89. The number of hydrogen-bond acceptors (Lipinski definition) is 5. The van der Waals surface area contributed by atoms with Gasteiger partial charge < -0.3 is 9.80 Å². The Hall–Kier alpha value is -3.55. The monoisotopic (exact) mass is 434 g/mol. The summed E-state index contributed by atoms with van der Waals surface area (Å²) in [5.74, 6) is -1.08. The molecule has 4 rings (SSSR count). The molecule has 2 aliphatic heterocycles. The number of carbonyl (C=O) groups excluding carboxylic acids is 4. The fourth-order valence-corrected chi connectivity index (χ4v) is 4.14. The van der Waals surface area contributed by atoms with Gasteiger partial charge in [-0.3, -0.25) is 29.1 Å². The highest BCUT2D eigenvalue weighted by molar-refractivity contribution is 6.22. The molecule has 8 heteroatoms. The minimum Gasteiger partial charge on any atom is -0.337 e. The van der Waals surface area contributed by atoms with Crippen molar-refractivity contribution >= 4 is 23.6 Å². The lowest BCUT2D eigenvalue weighted by Gasteiger charge is -2.29. The molecular formula is C24H26N4O4. The number of rotatable bonds is 2. The number of fused-ring (bicyclic) bond motifs is 1. The van der Waals surface area contributed by atoms with Gasteiger partial charge in [0.15, 0.2) is 0 Å². The summed E-state index contributed by atoms with van der Waals surface area (Å²) < 4.78 is 0. The van der Waals surface area contributed by atoms with Gasteiger partial charge in [0.25, 0.3) is 23.6 Å². The molecule has 32 heavy (non-hydrogen) atoms. The van der Waals surface area contributed by atoms with Gasteiger partial charge >= 0.3 is 0 Å². The van der Waals surface area contributed by atoms with E-state index in [9.17, 15) is 19.2 Å². The summed E-state index contributed by atoms with van der Waals surface area (Å²) in [5.41, 5.74) is 0.691. The van der Waals surface area contributed by atoms with E-state index in [1.54, 1.807) is 67.1 Å². The molecule has 3 heterocycles. The molecule has 0 saturated carbocycles. The van der Waals surface area contributed by atoms with Crippen molar-refractivity contribution in [2.75, 3.05) is 26.2 Å². The highest BCUT2D eigenvalue weighted by Crippen LogP contribution is 2.30. The van der Waals surface area contributed by atoms with Crippen LogP contribution in [0.4, 0.5) is 0 Å². The standard InChI is InChI=1S/C24H26N4O4/c1-24(2,3)28-21(30)17-9-8-16(15-18(17)22(28)31)20(29)26-11-6-12-27(14-13-26)23(32)19-7-4-5-10-25-19/h4-5,7-10,15H,6,11-14H2,1-3H3. The summed E-state index contributed by atoms with van der Waals surface area (Å²) in [6.45, 7) is 7.23. The number of carbonyl (C=O) groups is 4. The van der Waals surface area contributed by atoms with Crippen LogP contribution in [0.3, 0.4) is 0 Å². The number of benzene rings is 1. The van der Waals surface area contributed by atoms with E-state index in [0.29, 0.717) is 49.4 Å². The first-order chi connectivity index (χ1) is 15.2. The topological polar surface area (TPSA) is 90.9 Å². The lowest BCUT2D eigenvalue weighted by molar-refractivity contribution is 0.0507. The van der Waals surface area contributed by atoms with Gasteiger partial charge in [-0.15, -0.1) is 0 Å². The molecule has 0 atom stereocenters. The third-order valence-corrected chi connectivity index (χ3v) is 5.76. The number of amides is 4. The molecule has 2 aliphatic rings. The van der Waals surface area contributed by atoms with Crippen molar-refractivity contribution in [1.82, 2.24) is 19.7 Å². The molecule has 8 nitrogen and oxygen atoms in total. The zero-order chi connectivity index (χ0) is 23.0. The summed E-state index contributed by atoms with van der Waals surface area (Å²) in [5, 5.41) is 0. The third kappa shape index (κ3) is 3.88. The quantitative estimate of drug-likeness (QED) is 0.678. The molecule has 0 aliphatic carbocycles. The van der Waals surface area contributed by atoms with E-state index in [2.05, 4.69) is 4.98 Å². The van der Waals surface area contributed by atoms with Crippen LogP contribution in [0.25, 0.3) is 0 Å². The Labute approximate surface area is 186 Å². The first kappa shape index (κ1) is 21.7. The van der Waals surface area contributed by atoms with Crippen LogP contribution in [-0.4, -0.2) is 75.0 Å². The van der Waals surface area contributed by atoms with Gasteiger partial charge in [0.05, 0.1) is 11.1 Å². The lowest BCUT2D eigenvalue weighted by atomic mass is 10.0. The third-order valence-electron chi connectivity index (χ3n) is 5.76. The predicted octanol–water partition coefficient (Wildman–Crippen LogP) is 2.46. The molecular weight excluding hydrogens is 408 g/mol. The summed E-state index contributed by atoms with van der Waals surface area (Å²) in [4.78, 5) is 60.1. The largest absolute Gasteiger partial charge is 0.337 e. The average molecular weight is 434 g/mol. The average Bonchev–Trinajstić information content (AvgIpc) is 2.92. The fourth-order valence-electron chi connectivity index (χ4n) is 4.14. The van der Waals surface area contributed by atoms with Crippen LogP contribution < -0.4 is 0 Å². The number of aromatic nitrogens is 1. The molecule has 2 aromatic rings. The van der Waals surface area contributed by atoms with Crippen LogP contribution in [0.2, 0.25) is 0 Å². The minimum absolute atomic E-state index is 0.149. The summed E-state index contributed by atoms with van der Waals surface area (Å²) >= 11 is 0. The molecule has 0 N–H and O–H groups in total. The van der Waals surface area contributed by atoms with Crippen molar-refractivity contribution in [1.29, 1.82) is 0 Å². The van der Waals surface area contributed by atoms with Gasteiger partial charge in [-0.05, 0) is 57.5 Å². The van der Waals surface area contributed by atoms with Crippen LogP contribution in [0.15, 0.2) is 42.6 Å².